The lowest BCUT2D eigenvalue weighted by molar-refractivity contribution is 0.528. The van der Waals surface area contributed by atoms with Crippen molar-refractivity contribution in [2.24, 2.45) is 10.7 Å². The van der Waals surface area contributed by atoms with Crippen molar-refractivity contribution >= 4 is 43.8 Å². The zero-order chi connectivity index (χ0) is 14.5. The molecule has 1 aliphatic rings. The standard InChI is InChI=1S/C15H22BrN3S/c1-3-5-7-14-18-15-11(9-13(16)20-15)12(10-17)19(14)8-6-4-2/h9-10H,3-8,17H2,1-2H3/b12-10+. The van der Waals surface area contributed by atoms with Gasteiger partial charge in [0.1, 0.15) is 10.8 Å². The Bertz CT molecular complexity index is 519. The lowest BCUT2D eigenvalue weighted by Crippen LogP contribution is -2.32. The largest absolute Gasteiger partial charge is 0.403 e. The lowest BCUT2D eigenvalue weighted by Gasteiger charge is -2.31. The first-order chi connectivity index (χ1) is 9.71. The molecule has 2 heterocycles. The van der Waals surface area contributed by atoms with Gasteiger partial charge in [-0.2, -0.15) is 0 Å². The zero-order valence-corrected chi connectivity index (χ0v) is 14.6. The smallest absolute Gasteiger partial charge is 0.128 e. The number of rotatable bonds is 6. The molecule has 0 fully saturated rings. The number of halogens is 1. The molecule has 0 aromatic carbocycles. The maximum atomic E-state index is 5.91. The minimum Gasteiger partial charge on any atom is -0.403 e. The van der Waals surface area contributed by atoms with E-state index in [4.69, 9.17) is 10.7 Å². The van der Waals surface area contributed by atoms with E-state index in [0.717, 1.165) is 39.4 Å². The van der Waals surface area contributed by atoms with E-state index in [-0.39, 0.29) is 0 Å². The molecule has 1 aromatic rings. The third-order valence-electron chi connectivity index (χ3n) is 3.44. The Morgan fingerprint density at radius 2 is 2.10 bits per heavy atom. The van der Waals surface area contributed by atoms with Crippen LogP contribution < -0.4 is 5.73 Å². The number of hydrogen-bond donors (Lipinski definition) is 1. The fourth-order valence-electron chi connectivity index (χ4n) is 2.35. The Balaban J connectivity index is 2.36. The molecule has 1 aliphatic heterocycles. The summed E-state index contributed by atoms with van der Waals surface area (Å²) in [5.41, 5.74) is 8.17. The molecule has 3 nitrogen and oxygen atoms in total. The predicted molar refractivity (Wildman–Crippen MR) is 92.4 cm³/mol. The summed E-state index contributed by atoms with van der Waals surface area (Å²) < 4.78 is 1.11. The monoisotopic (exact) mass is 355 g/mol. The summed E-state index contributed by atoms with van der Waals surface area (Å²) in [5, 5.41) is 1.08. The van der Waals surface area contributed by atoms with Gasteiger partial charge < -0.3 is 10.6 Å². The first kappa shape index (κ1) is 15.6. The minimum absolute atomic E-state index is 0.995. The molecular weight excluding hydrogens is 334 g/mol. The van der Waals surface area contributed by atoms with Gasteiger partial charge in [-0.05, 0) is 34.8 Å². The van der Waals surface area contributed by atoms with Crippen molar-refractivity contribution in [2.45, 2.75) is 46.0 Å². The summed E-state index contributed by atoms with van der Waals surface area (Å²) in [4.78, 5) is 7.18. The van der Waals surface area contributed by atoms with Crippen LogP contribution in [-0.2, 0) is 0 Å². The SMILES string of the molecule is CCCCC1=Nc2sc(Br)cc2/C(=C\N)N1CCCC. The molecule has 0 saturated carbocycles. The van der Waals surface area contributed by atoms with Crippen molar-refractivity contribution in [3.63, 3.8) is 0 Å². The number of nitrogens with two attached hydrogens (primary N) is 1. The predicted octanol–water partition coefficient (Wildman–Crippen LogP) is 5.10. The van der Waals surface area contributed by atoms with E-state index in [9.17, 15) is 0 Å². The van der Waals surface area contributed by atoms with E-state index < -0.39 is 0 Å². The number of amidine groups is 1. The average molecular weight is 356 g/mol. The molecule has 5 heteroatoms. The van der Waals surface area contributed by atoms with E-state index in [1.54, 1.807) is 17.5 Å². The Labute approximate surface area is 133 Å². The molecule has 0 radical (unpaired) electrons. The van der Waals surface area contributed by atoms with Gasteiger partial charge in [0.2, 0.25) is 0 Å². The average Bonchev–Trinajstić information content (AvgIpc) is 2.81. The Morgan fingerprint density at radius 3 is 2.75 bits per heavy atom. The van der Waals surface area contributed by atoms with Crippen LogP contribution in [0.25, 0.3) is 5.70 Å². The van der Waals surface area contributed by atoms with Gasteiger partial charge in [0, 0.05) is 24.7 Å². The number of thiophene rings is 1. The van der Waals surface area contributed by atoms with Crippen molar-refractivity contribution in [3.8, 4) is 0 Å². The lowest BCUT2D eigenvalue weighted by atomic mass is 10.1. The van der Waals surface area contributed by atoms with Crippen LogP contribution in [-0.4, -0.2) is 17.3 Å². The van der Waals surface area contributed by atoms with Gasteiger partial charge in [-0.25, -0.2) is 4.99 Å². The van der Waals surface area contributed by atoms with Crippen LogP contribution in [0.3, 0.4) is 0 Å². The summed E-state index contributed by atoms with van der Waals surface area (Å²) in [6, 6.07) is 2.12. The number of fused-ring (bicyclic) bond motifs is 1. The van der Waals surface area contributed by atoms with Crippen LogP contribution in [0.2, 0.25) is 0 Å². The molecule has 0 spiro atoms. The van der Waals surface area contributed by atoms with E-state index >= 15 is 0 Å². The quantitative estimate of drug-likeness (QED) is 0.770. The maximum absolute atomic E-state index is 5.91. The second kappa shape index (κ2) is 7.27. The molecular formula is C15H22BrN3S. The van der Waals surface area contributed by atoms with Crippen LogP contribution in [0.4, 0.5) is 5.00 Å². The van der Waals surface area contributed by atoms with Gasteiger partial charge in [-0.15, -0.1) is 11.3 Å². The van der Waals surface area contributed by atoms with Gasteiger partial charge in [-0.1, -0.05) is 26.7 Å². The van der Waals surface area contributed by atoms with Crippen LogP contribution in [0.5, 0.6) is 0 Å². The van der Waals surface area contributed by atoms with Crippen LogP contribution in [0.1, 0.15) is 51.5 Å². The highest BCUT2D eigenvalue weighted by atomic mass is 79.9. The second-order valence-corrected chi connectivity index (χ2v) is 7.37. The molecule has 110 valence electrons. The van der Waals surface area contributed by atoms with E-state index in [2.05, 4.69) is 40.7 Å². The highest BCUT2D eigenvalue weighted by Gasteiger charge is 2.25. The molecule has 0 aliphatic carbocycles. The topological polar surface area (TPSA) is 41.6 Å². The molecule has 0 saturated heterocycles. The third-order valence-corrected chi connectivity index (χ3v) is 4.97. The molecule has 2 rings (SSSR count). The summed E-state index contributed by atoms with van der Waals surface area (Å²) in [6.07, 6.45) is 7.43. The summed E-state index contributed by atoms with van der Waals surface area (Å²) in [6.45, 7) is 5.42. The fourth-order valence-corrected chi connectivity index (χ4v) is 3.83. The highest BCUT2D eigenvalue weighted by molar-refractivity contribution is 9.11. The molecule has 20 heavy (non-hydrogen) atoms. The Kier molecular flexibility index (Phi) is 5.66. The Hall–Kier alpha value is -0.810. The number of hydrogen-bond acceptors (Lipinski definition) is 4. The summed E-state index contributed by atoms with van der Waals surface area (Å²) >= 11 is 5.24. The van der Waals surface area contributed by atoms with Crippen molar-refractivity contribution in [1.29, 1.82) is 0 Å². The molecule has 0 atom stereocenters. The first-order valence-corrected chi connectivity index (χ1v) is 8.88. The van der Waals surface area contributed by atoms with Gasteiger partial charge in [0.15, 0.2) is 0 Å². The molecule has 0 unspecified atom stereocenters. The number of nitrogens with zero attached hydrogens (tertiary/aromatic N) is 2. The van der Waals surface area contributed by atoms with E-state index in [1.807, 2.05) is 0 Å². The number of unbranched alkanes of at least 4 members (excludes halogenated alkanes) is 2. The molecule has 1 aromatic heterocycles. The van der Waals surface area contributed by atoms with Gasteiger partial charge in [-0.3, -0.25) is 0 Å². The molecule has 2 N–H and O–H groups in total. The summed E-state index contributed by atoms with van der Waals surface area (Å²) in [7, 11) is 0. The van der Waals surface area contributed by atoms with E-state index in [0.29, 0.717) is 0 Å². The fraction of sp³-hybridized carbons (Fsp3) is 0.533. The van der Waals surface area contributed by atoms with Crippen LogP contribution in [0, 0.1) is 0 Å². The highest BCUT2D eigenvalue weighted by Crippen LogP contribution is 2.43. The van der Waals surface area contributed by atoms with Crippen molar-refractivity contribution in [2.75, 3.05) is 6.54 Å². The zero-order valence-electron chi connectivity index (χ0n) is 12.2. The number of aliphatic imine (C=N–C) groups is 1. The molecule has 0 bridgehead atoms. The van der Waals surface area contributed by atoms with Crippen molar-refractivity contribution in [1.82, 2.24) is 4.90 Å². The maximum Gasteiger partial charge on any atom is 0.128 e. The minimum atomic E-state index is 0.995. The summed E-state index contributed by atoms with van der Waals surface area (Å²) in [5.74, 6) is 1.17. The van der Waals surface area contributed by atoms with E-state index in [1.165, 1.54) is 25.1 Å². The Morgan fingerprint density at radius 1 is 1.35 bits per heavy atom. The normalized spacial score (nSPS) is 16.4. The molecule has 0 amide bonds. The van der Waals surface area contributed by atoms with Crippen LogP contribution >= 0.6 is 27.3 Å². The second-order valence-electron chi connectivity index (χ2n) is 4.96. The van der Waals surface area contributed by atoms with Crippen molar-refractivity contribution < 1.29 is 0 Å². The van der Waals surface area contributed by atoms with Gasteiger partial charge in [0.05, 0.1) is 9.48 Å². The first-order valence-electron chi connectivity index (χ1n) is 7.28. The van der Waals surface area contributed by atoms with Gasteiger partial charge >= 0.3 is 0 Å². The van der Waals surface area contributed by atoms with Crippen molar-refractivity contribution in [3.05, 3.63) is 21.6 Å². The third kappa shape index (κ3) is 3.26. The van der Waals surface area contributed by atoms with Crippen LogP contribution in [0.15, 0.2) is 21.0 Å². The van der Waals surface area contributed by atoms with Gasteiger partial charge in [0.25, 0.3) is 0 Å².